The third kappa shape index (κ3) is 2.49. The molecule has 0 bridgehead atoms. The van der Waals surface area contributed by atoms with E-state index in [0.29, 0.717) is 6.61 Å². The zero-order valence-corrected chi connectivity index (χ0v) is 8.78. The molecule has 1 aromatic rings. The lowest BCUT2D eigenvalue weighted by atomic mass is 9.93. The number of rotatable bonds is 3. The van der Waals surface area contributed by atoms with Crippen LogP contribution in [0.25, 0.3) is 0 Å². The van der Waals surface area contributed by atoms with Gasteiger partial charge in [-0.2, -0.15) is 0 Å². The topological polar surface area (TPSA) is 41.5 Å². The summed E-state index contributed by atoms with van der Waals surface area (Å²) in [6.45, 7) is 1.50. The Morgan fingerprint density at radius 2 is 2.13 bits per heavy atom. The molecule has 15 heavy (non-hydrogen) atoms. The van der Waals surface area contributed by atoms with Gasteiger partial charge in [-0.25, -0.2) is 0 Å². The van der Waals surface area contributed by atoms with Gasteiger partial charge in [0.25, 0.3) is 0 Å². The Bertz CT molecular complexity index is 294. The van der Waals surface area contributed by atoms with Crippen LogP contribution in [0.4, 0.5) is 5.69 Å². The molecule has 1 saturated heterocycles. The van der Waals surface area contributed by atoms with Crippen molar-refractivity contribution >= 4 is 5.69 Å². The number of nitrogens with one attached hydrogen (secondary N) is 1. The Labute approximate surface area is 90.1 Å². The van der Waals surface area contributed by atoms with Crippen LogP contribution < -0.4 is 5.32 Å². The molecule has 1 aliphatic rings. The Hall–Kier alpha value is -1.06. The number of hydrogen-bond donors (Lipinski definition) is 2. The average molecular weight is 207 g/mol. The van der Waals surface area contributed by atoms with E-state index in [-0.39, 0.29) is 12.1 Å². The number of para-hydroxylation sites is 1. The number of benzene rings is 1. The van der Waals surface area contributed by atoms with Crippen LogP contribution >= 0.6 is 0 Å². The molecule has 0 amide bonds. The second-order valence-corrected chi connectivity index (χ2v) is 4.09. The summed E-state index contributed by atoms with van der Waals surface area (Å²) < 4.78 is 5.43. The summed E-state index contributed by atoms with van der Waals surface area (Å²) in [7, 11) is 0. The van der Waals surface area contributed by atoms with Crippen LogP contribution in [0.1, 0.15) is 12.8 Å². The highest BCUT2D eigenvalue weighted by molar-refractivity contribution is 5.45. The standard InChI is InChI=1S/C12H17NO2/c14-9-12(7-4-8-15-10-12)13-11-5-2-1-3-6-11/h1-3,5-6,13-14H,4,7-10H2. The SMILES string of the molecule is OCC1(Nc2ccccc2)CCCOC1. The molecule has 0 saturated carbocycles. The van der Waals surface area contributed by atoms with Gasteiger partial charge in [-0.05, 0) is 25.0 Å². The monoisotopic (exact) mass is 207 g/mol. The fraction of sp³-hybridized carbons (Fsp3) is 0.500. The molecule has 1 atom stereocenters. The Morgan fingerprint density at radius 3 is 2.73 bits per heavy atom. The van der Waals surface area contributed by atoms with E-state index in [1.807, 2.05) is 30.3 Å². The molecule has 2 rings (SSSR count). The van der Waals surface area contributed by atoms with Crippen molar-refractivity contribution in [1.29, 1.82) is 0 Å². The third-order valence-corrected chi connectivity index (χ3v) is 2.81. The van der Waals surface area contributed by atoms with Gasteiger partial charge in [0.05, 0.1) is 18.8 Å². The second-order valence-electron chi connectivity index (χ2n) is 4.09. The molecule has 0 aromatic heterocycles. The highest BCUT2D eigenvalue weighted by Gasteiger charge is 2.31. The minimum absolute atomic E-state index is 0.113. The van der Waals surface area contributed by atoms with Crippen LogP contribution in [0.3, 0.4) is 0 Å². The van der Waals surface area contributed by atoms with Crippen LogP contribution in [0, 0.1) is 0 Å². The molecule has 1 heterocycles. The first-order chi connectivity index (χ1) is 7.35. The van der Waals surface area contributed by atoms with Crippen LogP contribution in [0.15, 0.2) is 30.3 Å². The second kappa shape index (κ2) is 4.64. The molecule has 3 nitrogen and oxygen atoms in total. The van der Waals surface area contributed by atoms with Gasteiger partial charge in [-0.1, -0.05) is 18.2 Å². The maximum Gasteiger partial charge on any atom is 0.0838 e. The Balaban J connectivity index is 2.07. The summed E-state index contributed by atoms with van der Waals surface area (Å²) in [5, 5.41) is 12.8. The molecule has 1 aliphatic heterocycles. The summed E-state index contributed by atoms with van der Waals surface area (Å²) >= 11 is 0. The fourth-order valence-electron chi connectivity index (χ4n) is 1.94. The summed E-state index contributed by atoms with van der Waals surface area (Å²) in [6.07, 6.45) is 1.96. The van der Waals surface area contributed by atoms with Gasteiger partial charge in [0.1, 0.15) is 0 Å². The van der Waals surface area contributed by atoms with Gasteiger partial charge in [0.2, 0.25) is 0 Å². The van der Waals surface area contributed by atoms with E-state index in [1.54, 1.807) is 0 Å². The van der Waals surface area contributed by atoms with E-state index in [9.17, 15) is 5.11 Å². The fourth-order valence-corrected chi connectivity index (χ4v) is 1.94. The Morgan fingerprint density at radius 1 is 1.33 bits per heavy atom. The van der Waals surface area contributed by atoms with E-state index >= 15 is 0 Å². The van der Waals surface area contributed by atoms with E-state index < -0.39 is 0 Å². The van der Waals surface area contributed by atoms with Gasteiger partial charge in [0.15, 0.2) is 0 Å². The van der Waals surface area contributed by atoms with Crippen molar-refractivity contribution in [3.8, 4) is 0 Å². The number of ether oxygens (including phenoxy) is 1. The minimum atomic E-state index is -0.292. The molecule has 1 unspecified atom stereocenters. The van der Waals surface area contributed by atoms with Crippen molar-refractivity contribution in [3.63, 3.8) is 0 Å². The average Bonchev–Trinajstić information content (AvgIpc) is 2.32. The molecular formula is C12H17NO2. The van der Waals surface area contributed by atoms with Crippen molar-refractivity contribution in [2.75, 3.05) is 25.1 Å². The lowest BCUT2D eigenvalue weighted by Gasteiger charge is -2.37. The van der Waals surface area contributed by atoms with E-state index in [1.165, 1.54) is 0 Å². The molecule has 2 N–H and O–H groups in total. The van der Waals surface area contributed by atoms with Gasteiger partial charge in [0, 0.05) is 12.3 Å². The predicted molar refractivity (Wildman–Crippen MR) is 59.9 cm³/mol. The van der Waals surface area contributed by atoms with Crippen LogP contribution in [-0.2, 0) is 4.74 Å². The zero-order valence-electron chi connectivity index (χ0n) is 8.78. The van der Waals surface area contributed by atoms with Crippen LogP contribution in [0.5, 0.6) is 0 Å². The smallest absolute Gasteiger partial charge is 0.0838 e. The number of anilines is 1. The number of hydrogen-bond acceptors (Lipinski definition) is 3. The van der Waals surface area contributed by atoms with Gasteiger partial charge in [-0.15, -0.1) is 0 Å². The zero-order chi connectivity index (χ0) is 10.6. The highest BCUT2D eigenvalue weighted by Crippen LogP contribution is 2.23. The van der Waals surface area contributed by atoms with Crippen molar-refractivity contribution < 1.29 is 9.84 Å². The largest absolute Gasteiger partial charge is 0.394 e. The molecule has 3 heteroatoms. The maximum atomic E-state index is 9.46. The molecule has 1 aromatic carbocycles. The Kier molecular flexibility index (Phi) is 3.23. The van der Waals surface area contributed by atoms with Gasteiger partial charge < -0.3 is 15.2 Å². The molecule has 1 fully saturated rings. The summed E-state index contributed by atoms with van der Waals surface area (Å²) in [4.78, 5) is 0. The first-order valence-corrected chi connectivity index (χ1v) is 5.36. The van der Waals surface area contributed by atoms with Crippen molar-refractivity contribution in [3.05, 3.63) is 30.3 Å². The maximum absolute atomic E-state index is 9.46. The van der Waals surface area contributed by atoms with E-state index in [2.05, 4.69) is 5.32 Å². The lowest BCUT2D eigenvalue weighted by Crippen LogP contribution is -2.49. The van der Waals surface area contributed by atoms with Crippen LogP contribution in [-0.4, -0.2) is 30.5 Å². The molecule has 82 valence electrons. The van der Waals surface area contributed by atoms with Crippen molar-refractivity contribution in [2.45, 2.75) is 18.4 Å². The normalized spacial score (nSPS) is 26.2. The van der Waals surface area contributed by atoms with E-state index in [4.69, 9.17) is 4.74 Å². The third-order valence-electron chi connectivity index (χ3n) is 2.81. The minimum Gasteiger partial charge on any atom is -0.394 e. The van der Waals surface area contributed by atoms with E-state index in [0.717, 1.165) is 25.1 Å². The molecule has 0 spiro atoms. The van der Waals surface area contributed by atoms with Crippen LogP contribution in [0.2, 0.25) is 0 Å². The summed E-state index contributed by atoms with van der Waals surface area (Å²) in [5.74, 6) is 0. The lowest BCUT2D eigenvalue weighted by molar-refractivity contribution is 0.0217. The summed E-state index contributed by atoms with van der Waals surface area (Å²) in [5.41, 5.74) is 0.747. The summed E-state index contributed by atoms with van der Waals surface area (Å²) in [6, 6.07) is 9.96. The molecule has 0 radical (unpaired) electrons. The van der Waals surface area contributed by atoms with Crippen molar-refractivity contribution in [1.82, 2.24) is 0 Å². The first kappa shape index (κ1) is 10.5. The first-order valence-electron chi connectivity index (χ1n) is 5.36. The number of aliphatic hydroxyl groups excluding tert-OH is 1. The van der Waals surface area contributed by atoms with Gasteiger partial charge >= 0.3 is 0 Å². The van der Waals surface area contributed by atoms with Gasteiger partial charge in [-0.3, -0.25) is 0 Å². The number of aliphatic hydroxyl groups is 1. The molecule has 0 aliphatic carbocycles. The predicted octanol–water partition coefficient (Wildman–Crippen LogP) is 1.64. The molecular weight excluding hydrogens is 190 g/mol. The quantitative estimate of drug-likeness (QED) is 0.791. The van der Waals surface area contributed by atoms with Crippen molar-refractivity contribution in [2.24, 2.45) is 0 Å². The highest BCUT2D eigenvalue weighted by atomic mass is 16.5.